The Morgan fingerprint density at radius 1 is 1.17 bits per heavy atom. The number of hydrogen-bond donors (Lipinski definition) is 1. The second-order valence-electron chi connectivity index (χ2n) is 6.34. The van der Waals surface area contributed by atoms with E-state index < -0.39 is 0 Å². The molecule has 0 saturated heterocycles. The summed E-state index contributed by atoms with van der Waals surface area (Å²) in [5.41, 5.74) is 3.41. The van der Waals surface area contributed by atoms with Crippen molar-refractivity contribution in [2.45, 2.75) is 38.8 Å². The zero-order chi connectivity index (χ0) is 17.1. The van der Waals surface area contributed by atoms with Crippen molar-refractivity contribution in [1.82, 2.24) is 5.32 Å². The van der Waals surface area contributed by atoms with Crippen molar-refractivity contribution >= 4 is 5.91 Å². The monoisotopic (exact) mass is 320 g/mol. The number of nitrogens with zero attached hydrogens (tertiary/aromatic N) is 1. The summed E-state index contributed by atoms with van der Waals surface area (Å²) in [4.78, 5) is 12.2. The van der Waals surface area contributed by atoms with Gasteiger partial charge >= 0.3 is 0 Å². The van der Waals surface area contributed by atoms with Crippen LogP contribution in [0.3, 0.4) is 0 Å². The lowest BCUT2D eigenvalue weighted by molar-refractivity contribution is 0.0701. The predicted octanol–water partition coefficient (Wildman–Crippen LogP) is 3.51. The summed E-state index contributed by atoms with van der Waals surface area (Å²) in [5, 5.41) is 12.0. The summed E-state index contributed by atoms with van der Waals surface area (Å²) in [6.07, 6.45) is 1.72. The van der Waals surface area contributed by atoms with E-state index in [-0.39, 0.29) is 18.1 Å². The minimum Gasteiger partial charge on any atom is -0.490 e. The molecule has 0 atom stereocenters. The van der Waals surface area contributed by atoms with Gasteiger partial charge in [-0.15, -0.1) is 0 Å². The maximum atomic E-state index is 12.2. The first-order chi connectivity index (χ1) is 11.5. The van der Waals surface area contributed by atoms with Gasteiger partial charge < -0.3 is 10.1 Å². The lowest BCUT2D eigenvalue weighted by Crippen LogP contribution is -2.49. The molecule has 0 spiro atoms. The van der Waals surface area contributed by atoms with Crippen molar-refractivity contribution in [2.75, 3.05) is 0 Å². The maximum Gasteiger partial charge on any atom is 0.251 e. The van der Waals surface area contributed by atoms with Crippen LogP contribution in [0.2, 0.25) is 0 Å². The van der Waals surface area contributed by atoms with Gasteiger partial charge in [0.05, 0.1) is 11.6 Å². The zero-order valence-corrected chi connectivity index (χ0v) is 13.9. The summed E-state index contributed by atoms with van der Waals surface area (Å²) in [6.45, 7) is 3.90. The molecule has 2 aromatic rings. The van der Waals surface area contributed by atoms with E-state index in [0.717, 1.165) is 29.7 Å². The van der Waals surface area contributed by atoms with Crippen molar-refractivity contribution in [2.24, 2.45) is 0 Å². The van der Waals surface area contributed by atoms with Crippen molar-refractivity contribution in [1.29, 1.82) is 5.26 Å². The molecule has 4 nitrogen and oxygen atoms in total. The van der Waals surface area contributed by atoms with Crippen LogP contribution in [0.15, 0.2) is 42.5 Å². The van der Waals surface area contributed by atoms with Crippen LogP contribution < -0.4 is 10.1 Å². The standard InChI is InChI=1S/C20H20N2O2/c1-13-3-5-15(6-4-13)20(23)22-17-10-19(11-17)24-18-8-7-16(12-21)14(2)9-18/h3-9,17,19H,10-11H2,1-2H3,(H,22,23). The summed E-state index contributed by atoms with van der Waals surface area (Å²) < 4.78 is 5.90. The Balaban J connectivity index is 1.49. The SMILES string of the molecule is Cc1ccc(C(=O)NC2CC(Oc3ccc(C#N)c(C)c3)C2)cc1. The van der Waals surface area contributed by atoms with Crippen LogP contribution in [0.25, 0.3) is 0 Å². The predicted molar refractivity (Wildman–Crippen MR) is 92.0 cm³/mol. The van der Waals surface area contributed by atoms with Gasteiger partial charge in [0.25, 0.3) is 5.91 Å². The van der Waals surface area contributed by atoms with Crippen LogP contribution in [0.1, 0.15) is 39.9 Å². The smallest absolute Gasteiger partial charge is 0.251 e. The fourth-order valence-electron chi connectivity index (χ4n) is 2.78. The summed E-state index contributed by atoms with van der Waals surface area (Å²) in [7, 11) is 0. The van der Waals surface area contributed by atoms with E-state index >= 15 is 0 Å². The molecule has 4 heteroatoms. The first kappa shape index (κ1) is 16.1. The molecule has 0 heterocycles. The van der Waals surface area contributed by atoms with Crippen LogP contribution >= 0.6 is 0 Å². The second-order valence-corrected chi connectivity index (χ2v) is 6.34. The third-order valence-electron chi connectivity index (χ3n) is 4.36. The van der Waals surface area contributed by atoms with Gasteiger partial charge in [0.15, 0.2) is 0 Å². The van der Waals surface area contributed by atoms with Gasteiger partial charge in [0.2, 0.25) is 0 Å². The van der Waals surface area contributed by atoms with E-state index in [4.69, 9.17) is 10.00 Å². The summed E-state index contributed by atoms with van der Waals surface area (Å²) in [6, 6.07) is 15.4. The molecule has 0 aliphatic heterocycles. The highest BCUT2D eigenvalue weighted by Gasteiger charge is 2.32. The highest BCUT2D eigenvalue weighted by molar-refractivity contribution is 5.94. The number of hydrogen-bond acceptors (Lipinski definition) is 3. The minimum atomic E-state index is -0.0346. The molecule has 0 radical (unpaired) electrons. The Bertz CT molecular complexity index is 784. The van der Waals surface area contributed by atoms with E-state index in [1.165, 1.54) is 0 Å². The number of amides is 1. The second kappa shape index (κ2) is 6.76. The van der Waals surface area contributed by atoms with Crippen molar-refractivity contribution in [3.63, 3.8) is 0 Å². The molecule has 1 fully saturated rings. The van der Waals surface area contributed by atoms with E-state index in [1.807, 2.05) is 50.2 Å². The highest BCUT2D eigenvalue weighted by atomic mass is 16.5. The number of ether oxygens (including phenoxy) is 1. The number of rotatable bonds is 4. The molecule has 1 aliphatic carbocycles. The molecule has 0 unspecified atom stereocenters. The lowest BCUT2D eigenvalue weighted by Gasteiger charge is -2.35. The van der Waals surface area contributed by atoms with Crippen LogP contribution in [0, 0.1) is 25.2 Å². The van der Waals surface area contributed by atoms with Crippen molar-refractivity contribution in [3.05, 3.63) is 64.7 Å². The normalized spacial score (nSPS) is 19.0. The highest BCUT2D eigenvalue weighted by Crippen LogP contribution is 2.27. The molecular formula is C20H20N2O2. The van der Waals surface area contributed by atoms with Crippen LogP contribution in [-0.2, 0) is 0 Å². The fraction of sp³-hybridized carbons (Fsp3) is 0.300. The van der Waals surface area contributed by atoms with Gasteiger partial charge in [-0.25, -0.2) is 0 Å². The Morgan fingerprint density at radius 3 is 2.50 bits per heavy atom. The quantitative estimate of drug-likeness (QED) is 0.937. The molecular weight excluding hydrogens is 300 g/mol. The molecule has 0 bridgehead atoms. The molecule has 1 N–H and O–H groups in total. The van der Waals surface area contributed by atoms with E-state index in [0.29, 0.717) is 11.1 Å². The average Bonchev–Trinajstić information content (AvgIpc) is 2.53. The zero-order valence-electron chi connectivity index (χ0n) is 13.9. The average molecular weight is 320 g/mol. The van der Waals surface area contributed by atoms with Gasteiger partial charge in [-0.2, -0.15) is 5.26 Å². The van der Waals surface area contributed by atoms with Crippen LogP contribution in [-0.4, -0.2) is 18.1 Å². The Morgan fingerprint density at radius 2 is 1.88 bits per heavy atom. The summed E-state index contributed by atoms with van der Waals surface area (Å²) in [5.74, 6) is 0.743. The maximum absolute atomic E-state index is 12.2. The van der Waals surface area contributed by atoms with E-state index in [2.05, 4.69) is 11.4 Å². The van der Waals surface area contributed by atoms with E-state index in [9.17, 15) is 4.79 Å². The molecule has 24 heavy (non-hydrogen) atoms. The number of aryl methyl sites for hydroxylation is 2. The lowest BCUT2D eigenvalue weighted by atomic mass is 9.89. The Hall–Kier alpha value is -2.80. The molecule has 1 amide bonds. The Labute approximate surface area is 142 Å². The number of carbonyl (C=O) groups excluding carboxylic acids is 1. The molecule has 1 aliphatic rings. The third-order valence-corrected chi connectivity index (χ3v) is 4.36. The first-order valence-electron chi connectivity index (χ1n) is 8.10. The summed E-state index contributed by atoms with van der Waals surface area (Å²) >= 11 is 0. The van der Waals surface area contributed by atoms with Gasteiger partial charge in [0, 0.05) is 24.4 Å². The minimum absolute atomic E-state index is 0.0346. The van der Waals surface area contributed by atoms with Crippen molar-refractivity contribution < 1.29 is 9.53 Å². The van der Waals surface area contributed by atoms with Gasteiger partial charge in [-0.3, -0.25) is 4.79 Å². The number of nitrogens with one attached hydrogen (secondary N) is 1. The molecule has 0 aromatic heterocycles. The van der Waals surface area contributed by atoms with Crippen molar-refractivity contribution in [3.8, 4) is 11.8 Å². The number of nitriles is 1. The third kappa shape index (κ3) is 3.57. The van der Waals surface area contributed by atoms with Crippen LogP contribution in [0.5, 0.6) is 5.75 Å². The Kier molecular flexibility index (Phi) is 4.52. The van der Waals surface area contributed by atoms with Crippen LogP contribution in [0.4, 0.5) is 0 Å². The van der Waals surface area contributed by atoms with Gasteiger partial charge in [0.1, 0.15) is 11.9 Å². The topological polar surface area (TPSA) is 62.1 Å². The molecule has 3 rings (SSSR count). The number of benzene rings is 2. The molecule has 1 saturated carbocycles. The fourth-order valence-corrected chi connectivity index (χ4v) is 2.78. The molecule has 2 aromatic carbocycles. The largest absolute Gasteiger partial charge is 0.490 e. The van der Waals surface area contributed by atoms with Gasteiger partial charge in [-0.1, -0.05) is 17.7 Å². The molecule has 122 valence electrons. The van der Waals surface area contributed by atoms with Gasteiger partial charge in [-0.05, 0) is 49.7 Å². The number of carbonyl (C=O) groups is 1. The van der Waals surface area contributed by atoms with E-state index in [1.54, 1.807) is 6.07 Å². The first-order valence-corrected chi connectivity index (χ1v) is 8.10.